The van der Waals surface area contributed by atoms with Gasteiger partial charge in [-0.05, 0) is 85.1 Å². The summed E-state index contributed by atoms with van der Waals surface area (Å²) < 4.78 is 33.0. The largest absolute Gasteiger partial charge is 0.467 e. The standard InChI is InChI=1S/C45H82N4O6S2/c1-7-8-9-10-11-12-13-14-15-16-17-18-19-20-33-57(53,54)47-31-28-43(50)49-35-40(27-30-46)34-42(49)44(51)48-41(45(52)55-6)36-56-32-29-39(5)26-22-25-38(4)24-21-23-37(2)3/h23,25,29,40-42,47H,7-22,24,26-28,30-36,46H2,1-6H3,(H,48,51)/t40-,41+,42+/m1/s1. The summed E-state index contributed by atoms with van der Waals surface area (Å²) in [5, 5.41) is 2.85. The first-order valence-electron chi connectivity index (χ1n) is 22.2. The summed E-state index contributed by atoms with van der Waals surface area (Å²) >= 11 is 1.54. The van der Waals surface area contributed by atoms with E-state index in [1.165, 1.54) is 105 Å². The van der Waals surface area contributed by atoms with E-state index in [1.54, 1.807) is 0 Å². The number of rotatable bonds is 34. The van der Waals surface area contributed by atoms with Gasteiger partial charge in [0.15, 0.2) is 0 Å². The van der Waals surface area contributed by atoms with Crippen molar-refractivity contribution in [2.75, 3.05) is 44.0 Å². The van der Waals surface area contributed by atoms with Crippen molar-refractivity contribution in [1.82, 2.24) is 14.9 Å². The second kappa shape index (κ2) is 32.7. The number of thioether (sulfide) groups is 1. The van der Waals surface area contributed by atoms with E-state index in [0.29, 0.717) is 43.9 Å². The zero-order valence-corrected chi connectivity index (χ0v) is 38.5. The molecule has 2 amide bonds. The Kier molecular flexibility index (Phi) is 30.3. The quantitative estimate of drug-likeness (QED) is 0.0330. The fraction of sp³-hybridized carbons (Fsp3) is 0.800. The number of unbranched alkanes of at least 4 members (excludes halogenated alkanes) is 13. The minimum atomic E-state index is -3.50. The first-order chi connectivity index (χ1) is 27.3. The molecule has 1 aliphatic heterocycles. The fourth-order valence-electron chi connectivity index (χ4n) is 7.21. The van der Waals surface area contributed by atoms with Gasteiger partial charge in [0, 0.05) is 31.0 Å². The lowest BCUT2D eigenvalue weighted by atomic mass is 10.0. The van der Waals surface area contributed by atoms with Crippen LogP contribution in [0, 0.1) is 5.92 Å². The van der Waals surface area contributed by atoms with E-state index >= 15 is 0 Å². The second-order valence-electron chi connectivity index (χ2n) is 16.4. The molecule has 1 aliphatic rings. The highest BCUT2D eigenvalue weighted by Gasteiger charge is 2.40. The van der Waals surface area contributed by atoms with Crippen molar-refractivity contribution >= 4 is 39.6 Å². The van der Waals surface area contributed by atoms with Crippen molar-refractivity contribution in [3.63, 3.8) is 0 Å². The van der Waals surface area contributed by atoms with Crippen molar-refractivity contribution in [2.45, 2.75) is 182 Å². The third-order valence-corrected chi connectivity index (χ3v) is 13.2. The Labute approximate surface area is 352 Å². The number of likely N-dealkylation sites (tertiary alicyclic amines) is 1. The normalized spacial score (nSPS) is 16.8. The monoisotopic (exact) mass is 839 g/mol. The van der Waals surface area contributed by atoms with E-state index in [9.17, 15) is 22.8 Å². The van der Waals surface area contributed by atoms with E-state index < -0.39 is 34.0 Å². The van der Waals surface area contributed by atoms with E-state index in [2.05, 4.69) is 62.9 Å². The van der Waals surface area contributed by atoms with Gasteiger partial charge in [-0.15, -0.1) is 0 Å². The molecular weight excluding hydrogens is 757 g/mol. The van der Waals surface area contributed by atoms with E-state index in [-0.39, 0.29) is 30.5 Å². The molecule has 1 fully saturated rings. The van der Waals surface area contributed by atoms with Gasteiger partial charge in [0.05, 0.1) is 12.9 Å². The van der Waals surface area contributed by atoms with Crippen LogP contribution >= 0.6 is 11.8 Å². The Morgan fingerprint density at radius 1 is 0.825 bits per heavy atom. The topological polar surface area (TPSA) is 148 Å². The molecule has 0 saturated carbocycles. The van der Waals surface area contributed by atoms with Crippen LogP contribution < -0.4 is 15.8 Å². The molecule has 57 heavy (non-hydrogen) atoms. The molecule has 0 aromatic rings. The number of ether oxygens (including phenoxy) is 1. The summed E-state index contributed by atoms with van der Waals surface area (Å²) in [5.41, 5.74) is 9.86. The molecule has 1 heterocycles. The van der Waals surface area contributed by atoms with Crippen LogP contribution in [-0.2, 0) is 29.1 Å². The van der Waals surface area contributed by atoms with Gasteiger partial charge in [-0.2, -0.15) is 11.8 Å². The second-order valence-corrected chi connectivity index (χ2v) is 19.4. The summed E-state index contributed by atoms with van der Waals surface area (Å²) in [7, 11) is -2.20. The molecule has 12 heteroatoms. The van der Waals surface area contributed by atoms with Gasteiger partial charge in [-0.3, -0.25) is 9.59 Å². The lowest BCUT2D eigenvalue weighted by Crippen LogP contribution is -2.52. The number of sulfonamides is 1. The predicted octanol–water partition coefficient (Wildman–Crippen LogP) is 9.15. The lowest BCUT2D eigenvalue weighted by molar-refractivity contribution is -0.145. The van der Waals surface area contributed by atoms with Gasteiger partial charge in [-0.25, -0.2) is 17.9 Å². The van der Waals surface area contributed by atoms with Crippen LogP contribution in [0.4, 0.5) is 0 Å². The molecule has 0 bridgehead atoms. The number of carbonyl (C=O) groups excluding carboxylic acids is 3. The summed E-state index contributed by atoms with van der Waals surface area (Å²) in [5.74, 6) is -0.120. The van der Waals surface area contributed by atoms with Crippen LogP contribution in [0.3, 0.4) is 0 Å². The SMILES string of the molecule is CCCCCCCCCCCCCCCCS(=O)(=O)NCCC(=O)N1C[C@H](CCN)C[C@H]1C(=O)N[C@@H](CSCC=C(C)CCC=C(C)CCC=C(C)C)C(=O)OC. The predicted molar refractivity (Wildman–Crippen MR) is 241 cm³/mol. The van der Waals surface area contributed by atoms with Crippen molar-refractivity contribution in [3.05, 3.63) is 34.9 Å². The average Bonchev–Trinajstić information content (AvgIpc) is 3.60. The van der Waals surface area contributed by atoms with E-state index in [1.807, 2.05) is 0 Å². The molecule has 1 rings (SSSR count). The van der Waals surface area contributed by atoms with Gasteiger partial charge in [0.2, 0.25) is 21.8 Å². The van der Waals surface area contributed by atoms with Gasteiger partial charge in [-0.1, -0.05) is 125 Å². The number of carbonyl (C=O) groups is 3. The molecule has 3 atom stereocenters. The molecule has 4 N–H and O–H groups in total. The maximum atomic E-state index is 13.6. The van der Waals surface area contributed by atoms with Crippen LogP contribution in [-0.4, -0.2) is 87.2 Å². The number of hydrogen-bond donors (Lipinski definition) is 3. The summed E-state index contributed by atoms with van der Waals surface area (Å²) in [6, 6.07) is -1.63. The molecule has 0 aliphatic carbocycles. The fourth-order valence-corrected chi connectivity index (χ4v) is 9.35. The third kappa shape index (κ3) is 26.5. The number of amides is 2. The molecule has 0 unspecified atom stereocenters. The van der Waals surface area contributed by atoms with E-state index in [0.717, 1.165) is 44.9 Å². The highest BCUT2D eigenvalue weighted by atomic mass is 32.2. The first-order valence-corrected chi connectivity index (χ1v) is 25.0. The highest BCUT2D eigenvalue weighted by molar-refractivity contribution is 7.99. The summed E-state index contributed by atoms with van der Waals surface area (Å²) in [6.45, 7) is 11.6. The number of allylic oxidation sites excluding steroid dienone is 5. The van der Waals surface area contributed by atoms with E-state index in [4.69, 9.17) is 10.5 Å². The smallest absolute Gasteiger partial charge is 0.329 e. The Bertz CT molecular complexity index is 1330. The maximum absolute atomic E-state index is 13.6. The molecule has 330 valence electrons. The van der Waals surface area contributed by atoms with Crippen LogP contribution in [0.15, 0.2) is 34.9 Å². The van der Waals surface area contributed by atoms with Gasteiger partial charge in [0.1, 0.15) is 12.1 Å². The van der Waals surface area contributed by atoms with Crippen LogP contribution in [0.1, 0.15) is 169 Å². The zero-order valence-electron chi connectivity index (χ0n) is 36.8. The average molecular weight is 839 g/mol. The third-order valence-electron chi connectivity index (χ3n) is 10.8. The Hall–Kier alpha value is -2.15. The van der Waals surface area contributed by atoms with Crippen molar-refractivity contribution in [2.24, 2.45) is 11.7 Å². The minimum Gasteiger partial charge on any atom is -0.467 e. The molecule has 1 saturated heterocycles. The van der Waals surface area contributed by atoms with Crippen LogP contribution in [0.25, 0.3) is 0 Å². The molecule has 0 aromatic heterocycles. The number of nitrogens with zero attached hydrogens (tertiary/aromatic N) is 1. The number of esters is 1. The number of hydrogen-bond acceptors (Lipinski definition) is 8. The van der Waals surface area contributed by atoms with Crippen LogP contribution in [0.2, 0.25) is 0 Å². The summed E-state index contributed by atoms with van der Waals surface area (Å²) in [4.78, 5) is 41.2. The molecule has 0 aromatic carbocycles. The Morgan fingerprint density at radius 3 is 1.95 bits per heavy atom. The molecular formula is C45H82N4O6S2. The van der Waals surface area contributed by atoms with Gasteiger partial charge >= 0.3 is 5.97 Å². The molecule has 0 radical (unpaired) electrons. The van der Waals surface area contributed by atoms with Crippen LogP contribution in [0.5, 0.6) is 0 Å². The Morgan fingerprint density at radius 2 is 1.39 bits per heavy atom. The number of nitrogens with one attached hydrogen (secondary N) is 2. The van der Waals surface area contributed by atoms with Crippen molar-refractivity contribution < 1.29 is 27.5 Å². The first kappa shape index (κ1) is 52.9. The number of nitrogens with two attached hydrogens (primary N) is 1. The Balaban J connectivity index is 2.51. The lowest BCUT2D eigenvalue weighted by Gasteiger charge is -2.26. The summed E-state index contributed by atoms with van der Waals surface area (Å²) in [6.07, 6.45) is 28.7. The molecule has 10 nitrogen and oxygen atoms in total. The maximum Gasteiger partial charge on any atom is 0.329 e. The van der Waals surface area contributed by atoms with Crippen molar-refractivity contribution in [3.8, 4) is 0 Å². The number of methoxy groups -OCH3 is 1. The zero-order chi connectivity index (χ0) is 42.3. The van der Waals surface area contributed by atoms with Gasteiger partial charge in [0.25, 0.3) is 0 Å². The van der Waals surface area contributed by atoms with Crippen molar-refractivity contribution in [1.29, 1.82) is 0 Å². The van der Waals surface area contributed by atoms with Gasteiger partial charge < -0.3 is 20.7 Å². The minimum absolute atomic E-state index is 0.0211. The highest BCUT2D eigenvalue weighted by Crippen LogP contribution is 2.27. The molecule has 0 spiro atoms.